The minimum Gasteiger partial charge on any atom is -0.392 e. The van der Waals surface area contributed by atoms with E-state index in [0.717, 1.165) is 25.0 Å². The van der Waals surface area contributed by atoms with Gasteiger partial charge in [0, 0.05) is 17.9 Å². The molecule has 0 heterocycles. The lowest BCUT2D eigenvalue weighted by Crippen LogP contribution is -2.13. The Balaban J connectivity index is 3.16. The number of aliphatic hydroxyl groups excluding tert-OH is 1. The van der Waals surface area contributed by atoms with E-state index in [1.54, 1.807) is 11.8 Å². The van der Waals surface area contributed by atoms with Crippen molar-refractivity contribution in [2.45, 2.75) is 38.7 Å². The van der Waals surface area contributed by atoms with Gasteiger partial charge in [0.05, 0.1) is 6.10 Å². The molecular weight excluding hydrogens is 186 g/mol. The van der Waals surface area contributed by atoms with Crippen LogP contribution in [0.2, 0.25) is 0 Å². The minimum atomic E-state index is -0.268. The van der Waals surface area contributed by atoms with Crippen molar-refractivity contribution in [3.63, 3.8) is 0 Å². The minimum absolute atomic E-state index is 0.224. The first-order chi connectivity index (χ1) is 6.16. The Kier molecular flexibility index (Phi) is 8.24. The Hall–Kier alpha value is -0.220. The Bertz CT molecular complexity index is 142. The molecule has 1 unspecified atom stereocenters. The summed E-state index contributed by atoms with van der Waals surface area (Å²) >= 11 is 1.59. The van der Waals surface area contributed by atoms with Gasteiger partial charge >= 0.3 is 0 Å². The van der Waals surface area contributed by atoms with Crippen LogP contribution in [0.1, 0.15) is 32.6 Å². The summed E-state index contributed by atoms with van der Waals surface area (Å²) in [4.78, 5) is 10.4. The number of aliphatic hydroxyl groups is 1. The molecule has 1 amide bonds. The van der Waals surface area contributed by atoms with Crippen molar-refractivity contribution in [2.75, 3.05) is 11.5 Å². The van der Waals surface area contributed by atoms with Crippen molar-refractivity contribution in [1.82, 2.24) is 0 Å². The van der Waals surface area contributed by atoms with Gasteiger partial charge < -0.3 is 10.8 Å². The lowest BCUT2D eigenvalue weighted by Gasteiger charge is -2.08. The van der Waals surface area contributed by atoms with Crippen molar-refractivity contribution in [2.24, 2.45) is 5.73 Å². The molecule has 0 radical (unpaired) electrons. The van der Waals surface area contributed by atoms with Crippen LogP contribution >= 0.6 is 11.8 Å². The fourth-order valence-electron chi connectivity index (χ4n) is 0.915. The number of amides is 1. The average molecular weight is 205 g/mol. The predicted octanol–water partition coefficient (Wildman–Crippen LogP) is 1.15. The van der Waals surface area contributed by atoms with E-state index in [9.17, 15) is 9.90 Å². The maximum Gasteiger partial charge on any atom is 0.218 e. The standard InChI is InChI=1S/C9H19NO2S/c1-2-3-4-8(11)7-13-6-5-9(10)12/h8,11H,2-7H2,1H3,(H2,10,12). The van der Waals surface area contributed by atoms with Crippen molar-refractivity contribution in [3.8, 4) is 0 Å². The molecule has 3 nitrogen and oxygen atoms in total. The monoisotopic (exact) mass is 205 g/mol. The molecule has 0 aromatic rings. The van der Waals surface area contributed by atoms with E-state index in [1.165, 1.54) is 0 Å². The lowest BCUT2D eigenvalue weighted by atomic mass is 10.2. The molecule has 0 saturated carbocycles. The molecule has 0 aromatic heterocycles. The number of primary amides is 1. The quantitative estimate of drug-likeness (QED) is 0.584. The third-order valence-electron chi connectivity index (χ3n) is 1.69. The predicted molar refractivity (Wildman–Crippen MR) is 56.7 cm³/mol. The van der Waals surface area contributed by atoms with Crippen LogP contribution in [-0.4, -0.2) is 28.6 Å². The van der Waals surface area contributed by atoms with Crippen LogP contribution in [0, 0.1) is 0 Å². The van der Waals surface area contributed by atoms with E-state index in [-0.39, 0.29) is 12.0 Å². The number of thioether (sulfide) groups is 1. The fraction of sp³-hybridized carbons (Fsp3) is 0.889. The van der Waals surface area contributed by atoms with Gasteiger partial charge in [0.1, 0.15) is 0 Å². The second kappa shape index (κ2) is 8.38. The summed E-state index contributed by atoms with van der Waals surface area (Å²) in [5.41, 5.74) is 4.97. The highest BCUT2D eigenvalue weighted by molar-refractivity contribution is 7.99. The van der Waals surface area contributed by atoms with E-state index in [0.29, 0.717) is 12.2 Å². The zero-order chi connectivity index (χ0) is 10.1. The molecule has 0 aliphatic carbocycles. The van der Waals surface area contributed by atoms with Gasteiger partial charge in [-0.3, -0.25) is 4.79 Å². The van der Waals surface area contributed by atoms with Crippen molar-refractivity contribution in [3.05, 3.63) is 0 Å². The number of rotatable bonds is 8. The zero-order valence-electron chi connectivity index (χ0n) is 8.16. The van der Waals surface area contributed by atoms with Crippen molar-refractivity contribution >= 4 is 17.7 Å². The Morgan fingerprint density at radius 2 is 2.31 bits per heavy atom. The second-order valence-corrected chi connectivity index (χ2v) is 4.24. The van der Waals surface area contributed by atoms with Crippen LogP contribution in [0.5, 0.6) is 0 Å². The van der Waals surface area contributed by atoms with Gasteiger partial charge in [0.25, 0.3) is 0 Å². The Morgan fingerprint density at radius 3 is 2.85 bits per heavy atom. The first-order valence-corrected chi connectivity index (χ1v) is 5.86. The Labute approximate surface area is 84.1 Å². The maximum atomic E-state index is 10.4. The summed E-state index contributed by atoms with van der Waals surface area (Å²) in [7, 11) is 0. The van der Waals surface area contributed by atoms with Crippen LogP contribution in [0.3, 0.4) is 0 Å². The first-order valence-electron chi connectivity index (χ1n) is 4.71. The summed E-state index contributed by atoms with van der Waals surface area (Å²) < 4.78 is 0. The molecule has 0 aliphatic rings. The van der Waals surface area contributed by atoms with Gasteiger partial charge in [-0.15, -0.1) is 0 Å². The summed E-state index contributed by atoms with van der Waals surface area (Å²) in [6, 6.07) is 0. The highest BCUT2D eigenvalue weighted by atomic mass is 32.2. The van der Waals surface area contributed by atoms with Crippen molar-refractivity contribution in [1.29, 1.82) is 0 Å². The van der Waals surface area contributed by atoms with Crippen LogP contribution in [0.25, 0.3) is 0 Å². The average Bonchev–Trinajstić information content (AvgIpc) is 2.08. The fourth-order valence-corrected chi connectivity index (χ4v) is 1.87. The van der Waals surface area contributed by atoms with E-state index in [2.05, 4.69) is 6.92 Å². The molecule has 0 spiro atoms. The summed E-state index contributed by atoms with van der Waals surface area (Å²) in [5.74, 6) is 1.17. The van der Waals surface area contributed by atoms with Crippen LogP contribution in [0.4, 0.5) is 0 Å². The summed E-state index contributed by atoms with van der Waals surface area (Å²) in [5, 5.41) is 9.41. The lowest BCUT2D eigenvalue weighted by molar-refractivity contribution is -0.117. The number of unbranched alkanes of at least 4 members (excludes halogenated alkanes) is 1. The smallest absolute Gasteiger partial charge is 0.218 e. The number of hydrogen-bond donors (Lipinski definition) is 2. The van der Waals surface area contributed by atoms with E-state index in [1.807, 2.05) is 0 Å². The molecule has 4 heteroatoms. The van der Waals surface area contributed by atoms with Crippen LogP contribution < -0.4 is 5.73 Å². The van der Waals surface area contributed by atoms with Gasteiger partial charge in [0.15, 0.2) is 0 Å². The highest BCUT2D eigenvalue weighted by Gasteiger charge is 2.03. The van der Waals surface area contributed by atoms with Gasteiger partial charge in [-0.25, -0.2) is 0 Å². The largest absolute Gasteiger partial charge is 0.392 e. The molecule has 0 aliphatic heterocycles. The molecule has 3 N–H and O–H groups in total. The number of carbonyl (C=O) groups is 1. The normalized spacial score (nSPS) is 12.8. The third kappa shape index (κ3) is 9.70. The van der Waals surface area contributed by atoms with Crippen LogP contribution in [0.15, 0.2) is 0 Å². The molecule has 0 aromatic carbocycles. The molecule has 78 valence electrons. The first kappa shape index (κ1) is 12.8. The third-order valence-corrected chi connectivity index (χ3v) is 2.81. The highest BCUT2D eigenvalue weighted by Crippen LogP contribution is 2.09. The van der Waals surface area contributed by atoms with E-state index >= 15 is 0 Å². The van der Waals surface area contributed by atoms with Gasteiger partial charge in [-0.2, -0.15) is 11.8 Å². The van der Waals surface area contributed by atoms with E-state index < -0.39 is 0 Å². The van der Waals surface area contributed by atoms with Crippen LogP contribution in [-0.2, 0) is 4.79 Å². The zero-order valence-corrected chi connectivity index (χ0v) is 8.98. The van der Waals surface area contributed by atoms with Gasteiger partial charge in [-0.05, 0) is 6.42 Å². The molecule has 0 saturated heterocycles. The molecule has 13 heavy (non-hydrogen) atoms. The topological polar surface area (TPSA) is 63.3 Å². The van der Waals surface area contributed by atoms with E-state index in [4.69, 9.17) is 5.73 Å². The SMILES string of the molecule is CCCCC(O)CSCCC(N)=O. The molecule has 1 atom stereocenters. The number of carbonyl (C=O) groups excluding carboxylic acids is 1. The molecule has 0 bridgehead atoms. The number of nitrogens with two attached hydrogens (primary N) is 1. The second-order valence-electron chi connectivity index (χ2n) is 3.09. The molecule has 0 rings (SSSR count). The summed E-state index contributed by atoms with van der Waals surface area (Å²) in [6.07, 6.45) is 3.23. The van der Waals surface area contributed by atoms with Gasteiger partial charge in [0.2, 0.25) is 5.91 Å². The van der Waals surface area contributed by atoms with Crippen molar-refractivity contribution < 1.29 is 9.90 Å². The van der Waals surface area contributed by atoms with Gasteiger partial charge in [-0.1, -0.05) is 19.8 Å². The molecule has 0 fully saturated rings. The molecular formula is C9H19NO2S. The maximum absolute atomic E-state index is 10.4. The summed E-state index contributed by atoms with van der Waals surface area (Å²) in [6.45, 7) is 2.10. The number of hydrogen-bond acceptors (Lipinski definition) is 3. The Morgan fingerprint density at radius 1 is 1.62 bits per heavy atom.